The van der Waals surface area contributed by atoms with Crippen molar-refractivity contribution in [1.82, 2.24) is 15.2 Å². The zero-order valence-electron chi connectivity index (χ0n) is 11.0. The Morgan fingerprint density at radius 1 is 1.30 bits per heavy atom. The molecule has 104 valence electrons. The highest BCUT2D eigenvalue weighted by Gasteiger charge is 2.18. The number of aromatic nitrogens is 1. The Hall–Kier alpha value is -1.34. The lowest BCUT2D eigenvalue weighted by Crippen LogP contribution is -2.48. The summed E-state index contributed by atoms with van der Waals surface area (Å²) in [6, 6.07) is 11.9. The number of hydrogen-bond acceptors (Lipinski definition) is 2. The second-order valence-electron chi connectivity index (χ2n) is 4.97. The Labute approximate surface area is 131 Å². The minimum absolute atomic E-state index is 0.0135. The number of nitrogens with one attached hydrogen (secondary N) is 2. The molecule has 5 heteroatoms. The van der Waals surface area contributed by atoms with Gasteiger partial charge in [-0.1, -0.05) is 0 Å². The van der Waals surface area contributed by atoms with Crippen LogP contribution < -0.4 is 10.6 Å². The Balaban J connectivity index is 1.75. The number of halogens is 1. The van der Waals surface area contributed by atoms with E-state index in [0.29, 0.717) is 11.6 Å². The smallest absolute Gasteiger partial charge is 0.268 e. The number of carbonyl (C=O) groups excluding carboxylic acids is 1. The number of carbonyl (C=O) groups is 1. The Bertz CT molecular complexity index is 602. The van der Waals surface area contributed by atoms with Gasteiger partial charge in [-0.2, -0.15) is 0 Å². The van der Waals surface area contributed by atoms with Crippen molar-refractivity contribution < 1.29 is 4.79 Å². The highest BCUT2D eigenvalue weighted by Crippen LogP contribution is 2.15. The molecular weight excluding hydrogens is 365 g/mol. The van der Waals surface area contributed by atoms with Crippen molar-refractivity contribution in [2.45, 2.75) is 0 Å². The molecule has 1 saturated heterocycles. The summed E-state index contributed by atoms with van der Waals surface area (Å²) >= 11 is 2.27. The summed E-state index contributed by atoms with van der Waals surface area (Å²) in [4.78, 5) is 12.3. The van der Waals surface area contributed by atoms with Gasteiger partial charge in [0.25, 0.3) is 5.91 Å². The topological polar surface area (TPSA) is 46.1 Å². The molecule has 2 N–H and O–H groups in total. The lowest BCUT2D eigenvalue weighted by atomic mass is 10.0. The molecule has 4 nitrogen and oxygen atoms in total. The molecule has 0 atom stereocenters. The fourth-order valence-electron chi connectivity index (χ4n) is 2.21. The van der Waals surface area contributed by atoms with E-state index in [1.807, 2.05) is 47.2 Å². The normalized spacial score (nSPS) is 14.8. The molecule has 3 rings (SSSR count). The van der Waals surface area contributed by atoms with E-state index in [0.717, 1.165) is 25.3 Å². The summed E-state index contributed by atoms with van der Waals surface area (Å²) in [5.74, 6) is 0.557. The van der Waals surface area contributed by atoms with Crippen molar-refractivity contribution in [3.05, 3.63) is 51.9 Å². The third-order valence-corrected chi connectivity index (χ3v) is 4.22. The lowest BCUT2D eigenvalue weighted by Gasteiger charge is -2.27. The average molecular weight is 381 g/mol. The molecule has 20 heavy (non-hydrogen) atoms. The number of amides is 1. The van der Waals surface area contributed by atoms with Gasteiger partial charge in [0.2, 0.25) is 0 Å². The minimum Gasteiger partial charge on any atom is -0.350 e. The zero-order chi connectivity index (χ0) is 13.9. The molecule has 1 amide bonds. The van der Waals surface area contributed by atoms with Gasteiger partial charge in [0.15, 0.2) is 0 Å². The van der Waals surface area contributed by atoms with Gasteiger partial charge >= 0.3 is 0 Å². The molecule has 0 radical (unpaired) electrons. The maximum absolute atomic E-state index is 12.3. The van der Waals surface area contributed by atoms with Crippen LogP contribution in [-0.4, -0.2) is 30.1 Å². The Morgan fingerprint density at radius 2 is 2.05 bits per heavy atom. The van der Waals surface area contributed by atoms with Crippen LogP contribution in [0.15, 0.2) is 42.6 Å². The van der Waals surface area contributed by atoms with Crippen LogP contribution >= 0.6 is 22.6 Å². The lowest BCUT2D eigenvalue weighted by molar-refractivity contribution is 0.0935. The summed E-state index contributed by atoms with van der Waals surface area (Å²) in [6.07, 6.45) is 1.92. The van der Waals surface area contributed by atoms with Crippen molar-refractivity contribution in [3.8, 4) is 5.69 Å². The molecular formula is C15H16IN3O. The molecule has 0 aliphatic carbocycles. The van der Waals surface area contributed by atoms with Gasteiger partial charge in [0.05, 0.1) is 0 Å². The second-order valence-corrected chi connectivity index (χ2v) is 6.22. The monoisotopic (exact) mass is 381 g/mol. The highest BCUT2D eigenvalue weighted by molar-refractivity contribution is 14.1. The van der Waals surface area contributed by atoms with Crippen LogP contribution in [0.5, 0.6) is 0 Å². The van der Waals surface area contributed by atoms with E-state index in [-0.39, 0.29) is 5.91 Å². The first-order valence-electron chi connectivity index (χ1n) is 6.66. The molecule has 2 aromatic rings. The molecule has 0 unspecified atom stereocenters. The van der Waals surface area contributed by atoms with Gasteiger partial charge < -0.3 is 15.2 Å². The van der Waals surface area contributed by atoms with Crippen molar-refractivity contribution in [2.24, 2.45) is 5.92 Å². The van der Waals surface area contributed by atoms with Crippen LogP contribution in [0.2, 0.25) is 0 Å². The van der Waals surface area contributed by atoms with Gasteiger partial charge in [0, 0.05) is 41.0 Å². The van der Waals surface area contributed by atoms with Crippen LogP contribution in [0, 0.1) is 9.49 Å². The number of nitrogens with zero attached hydrogens (tertiary/aromatic N) is 1. The maximum Gasteiger partial charge on any atom is 0.268 e. The van der Waals surface area contributed by atoms with E-state index in [4.69, 9.17) is 0 Å². The SMILES string of the molecule is O=C(NCC1CNC1)c1cccn1-c1ccc(I)cc1. The van der Waals surface area contributed by atoms with E-state index in [1.54, 1.807) is 0 Å². The predicted octanol–water partition coefficient (Wildman–Crippen LogP) is 2.03. The molecule has 0 bridgehead atoms. The van der Waals surface area contributed by atoms with Crippen molar-refractivity contribution in [1.29, 1.82) is 0 Å². The molecule has 1 aliphatic rings. The van der Waals surface area contributed by atoms with Gasteiger partial charge in [-0.25, -0.2) is 0 Å². The molecule has 1 aromatic carbocycles. The summed E-state index contributed by atoms with van der Waals surface area (Å²) in [6.45, 7) is 2.74. The van der Waals surface area contributed by atoms with E-state index < -0.39 is 0 Å². The van der Waals surface area contributed by atoms with E-state index in [1.165, 1.54) is 3.57 Å². The minimum atomic E-state index is -0.0135. The summed E-state index contributed by atoms with van der Waals surface area (Å²) < 4.78 is 3.10. The fraction of sp³-hybridized carbons (Fsp3) is 0.267. The highest BCUT2D eigenvalue weighted by atomic mass is 127. The van der Waals surface area contributed by atoms with E-state index in [2.05, 4.69) is 33.2 Å². The molecule has 0 saturated carbocycles. The maximum atomic E-state index is 12.3. The summed E-state index contributed by atoms with van der Waals surface area (Å²) in [5.41, 5.74) is 1.68. The summed E-state index contributed by atoms with van der Waals surface area (Å²) in [5, 5.41) is 6.21. The number of rotatable bonds is 4. The average Bonchev–Trinajstić information content (AvgIpc) is 2.87. The molecule has 1 aliphatic heterocycles. The van der Waals surface area contributed by atoms with Crippen LogP contribution in [0.3, 0.4) is 0 Å². The van der Waals surface area contributed by atoms with Gasteiger partial charge in [-0.05, 0) is 59.0 Å². The number of benzene rings is 1. The first-order chi connectivity index (χ1) is 9.74. The standard InChI is InChI=1S/C15H16IN3O/c16-12-3-5-13(6-4-12)19-7-1-2-14(19)15(20)18-10-11-8-17-9-11/h1-7,11,17H,8-10H2,(H,18,20). The van der Waals surface area contributed by atoms with Crippen molar-refractivity contribution >= 4 is 28.5 Å². The fourth-order valence-corrected chi connectivity index (χ4v) is 2.57. The van der Waals surface area contributed by atoms with Crippen LogP contribution in [0.4, 0.5) is 0 Å². The molecule has 1 aromatic heterocycles. The van der Waals surface area contributed by atoms with Crippen LogP contribution in [0.1, 0.15) is 10.5 Å². The van der Waals surface area contributed by atoms with Gasteiger partial charge in [0.1, 0.15) is 5.69 Å². The Morgan fingerprint density at radius 3 is 2.70 bits per heavy atom. The van der Waals surface area contributed by atoms with Crippen molar-refractivity contribution in [2.75, 3.05) is 19.6 Å². The van der Waals surface area contributed by atoms with E-state index in [9.17, 15) is 4.79 Å². The first-order valence-corrected chi connectivity index (χ1v) is 7.74. The molecule has 2 heterocycles. The van der Waals surface area contributed by atoms with Crippen LogP contribution in [-0.2, 0) is 0 Å². The largest absolute Gasteiger partial charge is 0.350 e. The Kier molecular flexibility index (Phi) is 4.07. The van der Waals surface area contributed by atoms with Crippen LogP contribution in [0.25, 0.3) is 5.69 Å². The molecule has 0 spiro atoms. The van der Waals surface area contributed by atoms with Gasteiger partial charge in [-0.3, -0.25) is 4.79 Å². The second kappa shape index (κ2) is 5.97. The predicted molar refractivity (Wildman–Crippen MR) is 87.2 cm³/mol. The van der Waals surface area contributed by atoms with Crippen molar-refractivity contribution in [3.63, 3.8) is 0 Å². The third kappa shape index (κ3) is 2.88. The van der Waals surface area contributed by atoms with Gasteiger partial charge in [-0.15, -0.1) is 0 Å². The first kappa shape index (κ1) is 13.6. The molecule has 1 fully saturated rings. The number of hydrogen-bond donors (Lipinski definition) is 2. The summed E-state index contributed by atoms with van der Waals surface area (Å²) in [7, 11) is 0. The van der Waals surface area contributed by atoms with E-state index >= 15 is 0 Å². The quantitative estimate of drug-likeness (QED) is 0.797. The zero-order valence-corrected chi connectivity index (χ0v) is 13.1. The third-order valence-electron chi connectivity index (χ3n) is 3.50.